The third-order valence-electron chi connectivity index (χ3n) is 4.02. The standard InChI is InChI=1S/C17H22N4/c1-14-11-16(5-6-18-14)17-4-3-15(12-19-17)13-21-9-7-20(2)8-10-21/h3-6,11-12H,7-10,13H2,1-2H3. The van der Waals surface area contributed by atoms with Gasteiger partial charge in [-0.3, -0.25) is 14.9 Å². The molecule has 0 aromatic carbocycles. The van der Waals surface area contributed by atoms with E-state index in [0.29, 0.717) is 0 Å². The average Bonchev–Trinajstić information content (AvgIpc) is 2.50. The van der Waals surface area contributed by atoms with Gasteiger partial charge in [0.25, 0.3) is 0 Å². The first-order valence-electron chi connectivity index (χ1n) is 7.49. The maximum atomic E-state index is 4.61. The Balaban J connectivity index is 1.67. The van der Waals surface area contributed by atoms with E-state index in [1.165, 1.54) is 5.56 Å². The SMILES string of the molecule is Cc1cc(-c2ccc(CN3CCN(C)CC3)cn2)ccn1. The number of hydrogen-bond acceptors (Lipinski definition) is 4. The summed E-state index contributed by atoms with van der Waals surface area (Å²) in [4.78, 5) is 13.7. The molecule has 3 heterocycles. The van der Waals surface area contributed by atoms with Gasteiger partial charge in [0.05, 0.1) is 5.69 Å². The second-order valence-electron chi connectivity index (χ2n) is 5.82. The molecule has 21 heavy (non-hydrogen) atoms. The second kappa shape index (κ2) is 6.33. The zero-order valence-corrected chi connectivity index (χ0v) is 12.8. The summed E-state index contributed by atoms with van der Waals surface area (Å²) in [5, 5.41) is 0. The van der Waals surface area contributed by atoms with Crippen molar-refractivity contribution in [2.75, 3.05) is 33.2 Å². The number of aryl methyl sites for hydroxylation is 1. The fraction of sp³-hybridized carbons (Fsp3) is 0.412. The van der Waals surface area contributed by atoms with Crippen LogP contribution < -0.4 is 0 Å². The maximum Gasteiger partial charge on any atom is 0.0703 e. The molecule has 1 aliphatic rings. The molecular weight excluding hydrogens is 260 g/mol. The second-order valence-corrected chi connectivity index (χ2v) is 5.82. The number of pyridine rings is 2. The van der Waals surface area contributed by atoms with Crippen LogP contribution in [0.1, 0.15) is 11.3 Å². The molecular formula is C17H22N4. The summed E-state index contributed by atoms with van der Waals surface area (Å²) in [5.41, 5.74) is 4.46. The van der Waals surface area contributed by atoms with Crippen LogP contribution in [0.15, 0.2) is 36.7 Å². The molecule has 0 atom stereocenters. The number of nitrogens with zero attached hydrogens (tertiary/aromatic N) is 4. The first-order valence-corrected chi connectivity index (χ1v) is 7.49. The predicted octanol–water partition coefficient (Wildman–Crippen LogP) is 2.20. The van der Waals surface area contributed by atoms with E-state index < -0.39 is 0 Å². The van der Waals surface area contributed by atoms with Gasteiger partial charge in [0.2, 0.25) is 0 Å². The molecule has 110 valence electrons. The average molecular weight is 282 g/mol. The van der Waals surface area contributed by atoms with Gasteiger partial charge in [-0.05, 0) is 37.7 Å². The van der Waals surface area contributed by atoms with E-state index in [4.69, 9.17) is 0 Å². The minimum Gasteiger partial charge on any atom is -0.304 e. The lowest BCUT2D eigenvalue weighted by Gasteiger charge is -2.32. The molecule has 0 amide bonds. The lowest BCUT2D eigenvalue weighted by atomic mass is 10.1. The molecule has 2 aromatic rings. The Bertz CT molecular complexity index is 586. The highest BCUT2D eigenvalue weighted by molar-refractivity contribution is 5.58. The third-order valence-corrected chi connectivity index (χ3v) is 4.02. The Morgan fingerprint density at radius 2 is 1.86 bits per heavy atom. The van der Waals surface area contributed by atoms with E-state index >= 15 is 0 Å². The summed E-state index contributed by atoms with van der Waals surface area (Å²) in [6.07, 6.45) is 3.84. The van der Waals surface area contributed by atoms with Crippen LogP contribution in [0.5, 0.6) is 0 Å². The van der Waals surface area contributed by atoms with Crippen molar-refractivity contribution in [2.45, 2.75) is 13.5 Å². The molecule has 0 radical (unpaired) electrons. The Kier molecular flexibility index (Phi) is 4.27. The predicted molar refractivity (Wildman–Crippen MR) is 85.0 cm³/mol. The highest BCUT2D eigenvalue weighted by atomic mass is 15.2. The van der Waals surface area contributed by atoms with E-state index in [2.05, 4.69) is 45.0 Å². The molecule has 0 aliphatic carbocycles. The molecule has 0 N–H and O–H groups in total. The van der Waals surface area contributed by atoms with E-state index in [0.717, 1.165) is 49.7 Å². The molecule has 4 heteroatoms. The Labute approximate surface area is 126 Å². The van der Waals surface area contributed by atoms with E-state index in [1.807, 2.05) is 25.4 Å². The van der Waals surface area contributed by atoms with Gasteiger partial charge in [0.15, 0.2) is 0 Å². The molecule has 1 aliphatic heterocycles. The molecule has 0 bridgehead atoms. The van der Waals surface area contributed by atoms with Gasteiger partial charge in [-0.1, -0.05) is 6.07 Å². The minimum atomic E-state index is 0.997. The summed E-state index contributed by atoms with van der Waals surface area (Å²) < 4.78 is 0. The van der Waals surface area contributed by atoms with Gasteiger partial charge in [0, 0.05) is 56.4 Å². The first-order chi connectivity index (χ1) is 10.2. The summed E-state index contributed by atoms with van der Waals surface area (Å²) in [7, 11) is 2.18. The smallest absolute Gasteiger partial charge is 0.0703 e. The van der Waals surface area contributed by atoms with Crippen LogP contribution in [0.2, 0.25) is 0 Å². The van der Waals surface area contributed by atoms with Crippen LogP contribution in [0.25, 0.3) is 11.3 Å². The van der Waals surface area contributed by atoms with Gasteiger partial charge in [-0.15, -0.1) is 0 Å². The minimum absolute atomic E-state index is 0.997. The van der Waals surface area contributed by atoms with Crippen molar-refractivity contribution in [3.8, 4) is 11.3 Å². The summed E-state index contributed by atoms with van der Waals surface area (Å²) in [5.74, 6) is 0. The highest BCUT2D eigenvalue weighted by Crippen LogP contribution is 2.17. The quantitative estimate of drug-likeness (QED) is 0.864. The Morgan fingerprint density at radius 1 is 1.05 bits per heavy atom. The number of hydrogen-bond donors (Lipinski definition) is 0. The van der Waals surface area contributed by atoms with Gasteiger partial charge < -0.3 is 4.90 Å². The van der Waals surface area contributed by atoms with Crippen LogP contribution in [-0.2, 0) is 6.54 Å². The van der Waals surface area contributed by atoms with Crippen LogP contribution in [0.3, 0.4) is 0 Å². The maximum absolute atomic E-state index is 4.61. The van der Waals surface area contributed by atoms with E-state index in [9.17, 15) is 0 Å². The van der Waals surface area contributed by atoms with Crippen molar-refractivity contribution in [1.29, 1.82) is 0 Å². The molecule has 0 spiro atoms. The highest BCUT2D eigenvalue weighted by Gasteiger charge is 2.13. The number of aromatic nitrogens is 2. The van der Waals surface area contributed by atoms with Crippen molar-refractivity contribution in [3.63, 3.8) is 0 Å². The number of rotatable bonds is 3. The zero-order chi connectivity index (χ0) is 14.7. The molecule has 4 nitrogen and oxygen atoms in total. The van der Waals surface area contributed by atoms with E-state index in [1.54, 1.807) is 0 Å². The van der Waals surface area contributed by atoms with Crippen LogP contribution in [0.4, 0.5) is 0 Å². The van der Waals surface area contributed by atoms with Crippen molar-refractivity contribution < 1.29 is 0 Å². The normalized spacial score (nSPS) is 17.0. The van der Waals surface area contributed by atoms with Crippen molar-refractivity contribution in [3.05, 3.63) is 47.9 Å². The molecule has 2 aromatic heterocycles. The largest absolute Gasteiger partial charge is 0.304 e. The van der Waals surface area contributed by atoms with Crippen molar-refractivity contribution in [2.24, 2.45) is 0 Å². The van der Waals surface area contributed by atoms with Crippen molar-refractivity contribution in [1.82, 2.24) is 19.8 Å². The molecule has 1 fully saturated rings. The molecule has 0 saturated carbocycles. The summed E-state index contributed by atoms with van der Waals surface area (Å²) in [6, 6.07) is 8.38. The van der Waals surface area contributed by atoms with E-state index in [-0.39, 0.29) is 0 Å². The Morgan fingerprint density at radius 3 is 2.52 bits per heavy atom. The van der Waals surface area contributed by atoms with Crippen LogP contribution >= 0.6 is 0 Å². The molecule has 0 unspecified atom stereocenters. The van der Waals surface area contributed by atoms with Gasteiger partial charge in [-0.2, -0.15) is 0 Å². The summed E-state index contributed by atoms with van der Waals surface area (Å²) in [6.45, 7) is 7.59. The fourth-order valence-electron chi connectivity index (χ4n) is 2.66. The van der Waals surface area contributed by atoms with Crippen molar-refractivity contribution >= 4 is 0 Å². The van der Waals surface area contributed by atoms with Gasteiger partial charge >= 0.3 is 0 Å². The number of piperazine rings is 1. The van der Waals surface area contributed by atoms with Gasteiger partial charge in [-0.25, -0.2) is 0 Å². The fourth-order valence-corrected chi connectivity index (χ4v) is 2.66. The first kappa shape index (κ1) is 14.2. The lowest BCUT2D eigenvalue weighted by molar-refractivity contribution is 0.148. The van der Waals surface area contributed by atoms with Crippen LogP contribution in [-0.4, -0.2) is 53.0 Å². The van der Waals surface area contributed by atoms with Crippen LogP contribution in [0, 0.1) is 6.92 Å². The topological polar surface area (TPSA) is 32.3 Å². The third kappa shape index (κ3) is 3.65. The lowest BCUT2D eigenvalue weighted by Crippen LogP contribution is -2.43. The Hall–Kier alpha value is -1.78. The zero-order valence-electron chi connectivity index (χ0n) is 12.8. The number of likely N-dealkylation sites (N-methyl/N-ethyl adjacent to an activating group) is 1. The van der Waals surface area contributed by atoms with Gasteiger partial charge in [0.1, 0.15) is 0 Å². The molecule has 3 rings (SSSR count). The monoisotopic (exact) mass is 282 g/mol. The molecule has 1 saturated heterocycles. The summed E-state index contributed by atoms with van der Waals surface area (Å²) >= 11 is 0.